The van der Waals surface area contributed by atoms with Crippen LogP contribution in [0.3, 0.4) is 0 Å². The summed E-state index contributed by atoms with van der Waals surface area (Å²) in [4.78, 5) is 8.52. The molecular weight excluding hydrogens is 368 g/mol. The number of aromatic nitrogens is 2. The highest BCUT2D eigenvalue weighted by Gasteiger charge is 2.12. The fraction of sp³-hybridized carbons (Fsp3) is 0.200. The summed E-state index contributed by atoms with van der Waals surface area (Å²) in [6.45, 7) is -3.16. The highest BCUT2D eigenvalue weighted by molar-refractivity contribution is 5.93. The molecule has 1 aromatic heterocycles. The summed E-state index contributed by atoms with van der Waals surface area (Å²) in [5.41, 5.74) is 2.12. The van der Waals surface area contributed by atoms with Gasteiger partial charge in [-0.15, -0.1) is 6.42 Å². The van der Waals surface area contributed by atoms with Crippen molar-refractivity contribution >= 4 is 22.4 Å². The number of ether oxygens (including phenoxy) is 3. The number of anilines is 2. The average molecular weight is 385 g/mol. The Morgan fingerprint density at radius 2 is 2.00 bits per heavy atom. The molecule has 28 heavy (non-hydrogen) atoms. The maximum atomic E-state index is 12.1. The number of hydrogen-bond acceptors (Lipinski definition) is 6. The highest BCUT2D eigenvalue weighted by atomic mass is 19.3. The van der Waals surface area contributed by atoms with Gasteiger partial charge in [-0.1, -0.05) is 12.0 Å². The van der Waals surface area contributed by atoms with Crippen molar-refractivity contribution in [3.63, 3.8) is 0 Å². The van der Waals surface area contributed by atoms with Crippen LogP contribution in [0.5, 0.6) is 11.5 Å². The van der Waals surface area contributed by atoms with Crippen molar-refractivity contribution in [3.8, 4) is 23.8 Å². The second-order valence-corrected chi connectivity index (χ2v) is 5.57. The standard InChI is InChI=1S/C20H17F2N3O3/c1-3-13-5-4-6-14(9-13)25-19-15-10-18(27-7-8-28-20(21)22)17(26-2)11-16(15)23-12-24-19/h1,4-6,9-12,20H,7-8H2,2H3,(H,23,24,25). The minimum atomic E-state index is -2.84. The molecule has 0 aliphatic carbocycles. The molecule has 3 rings (SSSR count). The molecule has 3 aromatic rings. The van der Waals surface area contributed by atoms with Crippen molar-refractivity contribution in [2.24, 2.45) is 0 Å². The van der Waals surface area contributed by atoms with E-state index in [1.807, 2.05) is 24.3 Å². The Labute approximate surface area is 160 Å². The van der Waals surface area contributed by atoms with Crippen LogP contribution in [-0.2, 0) is 4.74 Å². The van der Waals surface area contributed by atoms with Crippen molar-refractivity contribution in [3.05, 3.63) is 48.3 Å². The molecule has 0 radical (unpaired) electrons. The summed E-state index contributed by atoms with van der Waals surface area (Å²) in [7, 11) is 1.48. The maximum Gasteiger partial charge on any atom is 0.345 e. The number of hydrogen-bond donors (Lipinski definition) is 1. The molecule has 0 fully saturated rings. The van der Waals surface area contributed by atoms with Gasteiger partial charge in [0.25, 0.3) is 0 Å². The molecular formula is C20H17F2N3O3. The Morgan fingerprint density at radius 1 is 1.14 bits per heavy atom. The first-order chi connectivity index (χ1) is 13.6. The second kappa shape index (κ2) is 8.97. The number of nitrogens with zero attached hydrogens (tertiary/aromatic N) is 2. The second-order valence-electron chi connectivity index (χ2n) is 5.57. The van der Waals surface area contributed by atoms with E-state index >= 15 is 0 Å². The van der Waals surface area contributed by atoms with Crippen LogP contribution in [0.15, 0.2) is 42.7 Å². The molecule has 0 bridgehead atoms. The molecule has 0 aliphatic rings. The summed E-state index contributed by atoms with van der Waals surface area (Å²) in [6, 6.07) is 10.7. The largest absolute Gasteiger partial charge is 0.493 e. The van der Waals surface area contributed by atoms with Crippen LogP contribution in [-0.4, -0.2) is 36.9 Å². The number of benzene rings is 2. The summed E-state index contributed by atoms with van der Waals surface area (Å²) in [5, 5.41) is 3.87. The third kappa shape index (κ3) is 4.64. The van der Waals surface area contributed by atoms with Gasteiger partial charge in [0.05, 0.1) is 19.2 Å². The van der Waals surface area contributed by atoms with Gasteiger partial charge < -0.3 is 19.5 Å². The lowest BCUT2D eigenvalue weighted by Crippen LogP contribution is -2.10. The normalized spacial score (nSPS) is 10.7. The number of halogens is 2. The van der Waals surface area contributed by atoms with Gasteiger partial charge in [0.2, 0.25) is 0 Å². The van der Waals surface area contributed by atoms with Crippen molar-refractivity contribution in [2.75, 3.05) is 25.6 Å². The van der Waals surface area contributed by atoms with E-state index in [1.54, 1.807) is 12.1 Å². The molecule has 0 saturated heterocycles. The lowest BCUT2D eigenvalue weighted by Gasteiger charge is -2.14. The average Bonchev–Trinajstić information content (AvgIpc) is 2.71. The van der Waals surface area contributed by atoms with Crippen molar-refractivity contribution in [2.45, 2.75) is 6.61 Å². The zero-order chi connectivity index (χ0) is 19.9. The fourth-order valence-corrected chi connectivity index (χ4v) is 2.55. The van der Waals surface area contributed by atoms with Crippen molar-refractivity contribution < 1.29 is 23.0 Å². The van der Waals surface area contributed by atoms with Crippen LogP contribution < -0.4 is 14.8 Å². The van der Waals surface area contributed by atoms with Gasteiger partial charge in [-0.25, -0.2) is 9.97 Å². The molecule has 6 nitrogen and oxygen atoms in total. The minimum Gasteiger partial charge on any atom is -0.493 e. The minimum absolute atomic E-state index is 0.0626. The van der Waals surface area contributed by atoms with Crippen molar-refractivity contribution in [1.82, 2.24) is 9.97 Å². The summed E-state index contributed by atoms with van der Waals surface area (Å²) < 4.78 is 39.2. The monoisotopic (exact) mass is 385 g/mol. The zero-order valence-electron chi connectivity index (χ0n) is 15.0. The number of alkyl halides is 2. The van der Waals surface area contributed by atoms with E-state index in [0.29, 0.717) is 28.2 Å². The summed E-state index contributed by atoms with van der Waals surface area (Å²) in [6.07, 6.45) is 6.86. The third-order valence-corrected chi connectivity index (χ3v) is 3.80. The molecule has 0 spiro atoms. The number of rotatable bonds is 8. The molecule has 0 saturated carbocycles. The van der Waals surface area contributed by atoms with Crippen molar-refractivity contribution in [1.29, 1.82) is 0 Å². The summed E-state index contributed by atoms with van der Waals surface area (Å²) in [5.74, 6) is 3.90. The predicted molar refractivity (Wildman–Crippen MR) is 101 cm³/mol. The smallest absolute Gasteiger partial charge is 0.345 e. The van der Waals surface area contributed by atoms with Crippen LogP contribution in [0.2, 0.25) is 0 Å². The van der Waals surface area contributed by atoms with Crippen LogP contribution >= 0.6 is 0 Å². The quantitative estimate of drug-likeness (QED) is 0.467. The van der Waals surface area contributed by atoms with E-state index in [0.717, 1.165) is 11.3 Å². The molecule has 144 valence electrons. The van der Waals surface area contributed by atoms with E-state index in [9.17, 15) is 8.78 Å². The van der Waals surface area contributed by atoms with Gasteiger partial charge >= 0.3 is 6.61 Å². The molecule has 0 atom stereocenters. The Morgan fingerprint density at radius 3 is 2.75 bits per heavy atom. The summed E-state index contributed by atoms with van der Waals surface area (Å²) >= 11 is 0. The Balaban J connectivity index is 1.90. The first kappa shape index (κ1) is 19.3. The molecule has 2 aromatic carbocycles. The SMILES string of the molecule is C#Cc1cccc(Nc2ncnc3cc(OC)c(OCCOC(F)F)cc23)c1. The molecule has 1 heterocycles. The van der Waals surface area contributed by atoms with Gasteiger partial charge in [-0.2, -0.15) is 8.78 Å². The van der Waals surface area contributed by atoms with Gasteiger partial charge in [-0.3, -0.25) is 0 Å². The van der Waals surface area contributed by atoms with E-state index in [4.69, 9.17) is 15.9 Å². The predicted octanol–water partition coefficient (Wildman–Crippen LogP) is 3.98. The van der Waals surface area contributed by atoms with Crippen LogP contribution in [0, 0.1) is 12.3 Å². The van der Waals surface area contributed by atoms with E-state index in [-0.39, 0.29) is 13.2 Å². The molecule has 0 unspecified atom stereocenters. The van der Waals surface area contributed by atoms with E-state index in [1.165, 1.54) is 13.4 Å². The number of terminal acetylenes is 1. The molecule has 0 aliphatic heterocycles. The number of methoxy groups -OCH3 is 1. The fourth-order valence-electron chi connectivity index (χ4n) is 2.55. The van der Waals surface area contributed by atoms with Gasteiger partial charge in [0.1, 0.15) is 18.8 Å². The number of fused-ring (bicyclic) bond motifs is 1. The van der Waals surface area contributed by atoms with E-state index in [2.05, 4.69) is 25.9 Å². The van der Waals surface area contributed by atoms with Crippen LogP contribution in [0.1, 0.15) is 5.56 Å². The Hall–Kier alpha value is -3.44. The first-order valence-corrected chi connectivity index (χ1v) is 8.29. The van der Waals surface area contributed by atoms with Gasteiger partial charge in [0.15, 0.2) is 11.5 Å². The maximum absolute atomic E-state index is 12.1. The lowest BCUT2D eigenvalue weighted by molar-refractivity contribution is -0.133. The van der Waals surface area contributed by atoms with Crippen LogP contribution in [0.4, 0.5) is 20.3 Å². The van der Waals surface area contributed by atoms with E-state index < -0.39 is 6.61 Å². The Kier molecular flexibility index (Phi) is 6.19. The zero-order valence-corrected chi connectivity index (χ0v) is 15.0. The molecule has 8 heteroatoms. The van der Waals surface area contributed by atoms with Crippen LogP contribution in [0.25, 0.3) is 10.9 Å². The Bertz CT molecular complexity index is 1010. The topological polar surface area (TPSA) is 65.5 Å². The highest BCUT2D eigenvalue weighted by Crippen LogP contribution is 2.34. The van der Waals surface area contributed by atoms with Gasteiger partial charge in [-0.05, 0) is 24.3 Å². The molecule has 0 amide bonds. The molecule has 1 N–H and O–H groups in total. The third-order valence-electron chi connectivity index (χ3n) is 3.80. The first-order valence-electron chi connectivity index (χ1n) is 8.29. The van der Waals surface area contributed by atoms with Gasteiger partial charge in [0, 0.05) is 22.7 Å². The number of nitrogens with one attached hydrogen (secondary N) is 1. The lowest BCUT2D eigenvalue weighted by atomic mass is 10.2.